The van der Waals surface area contributed by atoms with Crippen LogP contribution in [0.4, 0.5) is 11.4 Å². The lowest BCUT2D eigenvalue weighted by Gasteiger charge is -2.62. The van der Waals surface area contributed by atoms with Gasteiger partial charge in [-0.3, -0.25) is 28.9 Å². The molecule has 100 heavy (non-hydrogen) atoms. The third kappa shape index (κ3) is 15.2. The third-order valence-electron chi connectivity index (χ3n) is 25.3. The van der Waals surface area contributed by atoms with Gasteiger partial charge in [0.2, 0.25) is 11.8 Å². The molecular weight excluding hydrogens is 1260 g/mol. The Hall–Kier alpha value is -6.69. The summed E-state index contributed by atoms with van der Waals surface area (Å²) < 4.78 is 0. The van der Waals surface area contributed by atoms with E-state index in [0.717, 1.165) is 108 Å². The standard InChI is InChI=1S/C39H56N8O4.C39H58N6O4/c1-22-25(10-9-11-31(22)26-14-27(16-30(15-26)45(6)7)37(49)42-29-12-13-46(8)21-29)20-47-36(35(24(3)48)34(51-47)19-41-44-40)38(50)43-33-18-28-17-32(23(33)2)39(28,4)5;1-22-25(10-9-11-31(22)26-14-27(16-30(15-26)43(6)7)37(47)41-29-12-13-44(8)21-29)20-45-36(35(24(3)46)34(19-40)49-45)38(48)42-33-18-28-17-32(23(33)2)39(28,4)5/h9-11,14-16,23-24,28-29,32-36,48H,12-13,17-21H2,1-8H3,(H,42,49)(H,43,50);9-11,14-16,23-24,28-29,32-36,46H,12-13,17-21,40H2,1-8H3,(H,41,47)(H,42,48)/t2*23-,24-,28+,29+,32-,33-,34-,35+,36-/m00/s1. The van der Waals surface area contributed by atoms with Crippen molar-refractivity contribution in [1.82, 2.24) is 41.2 Å². The summed E-state index contributed by atoms with van der Waals surface area (Å²) in [5, 5.41) is 42.4. The molecule has 10 aliphatic rings. The lowest BCUT2D eigenvalue weighted by atomic mass is 9.45. The van der Waals surface area contributed by atoms with E-state index in [0.29, 0.717) is 58.6 Å². The second-order valence-corrected chi connectivity index (χ2v) is 32.7. The second kappa shape index (κ2) is 30.3. The number of nitrogens with zero attached hydrogens (tertiary/aromatic N) is 9. The number of amides is 4. The zero-order valence-electron chi connectivity index (χ0n) is 62.2. The monoisotopic (exact) mass is 1370 g/mol. The van der Waals surface area contributed by atoms with Gasteiger partial charge in [-0.15, -0.1) is 0 Å². The van der Waals surface area contributed by atoms with Crippen molar-refractivity contribution in [3.63, 3.8) is 0 Å². The Morgan fingerprint density at radius 2 is 1.05 bits per heavy atom. The molecule has 10 fully saturated rings. The van der Waals surface area contributed by atoms with Crippen LogP contribution in [0.2, 0.25) is 0 Å². The van der Waals surface area contributed by atoms with Crippen LogP contribution in [0.5, 0.6) is 0 Å². The van der Waals surface area contributed by atoms with Crippen molar-refractivity contribution in [2.24, 2.45) is 69.0 Å². The Labute approximate surface area is 593 Å². The quantitative estimate of drug-likeness (QED) is 0.0233. The summed E-state index contributed by atoms with van der Waals surface area (Å²) in [5.41, 5.74) is 26.8. The summed E-state index contributed by atoms with van der Waals surface area (Å²) in [5.74, 6) is 1.61. The van der Waals surface area contributed by atoms with Crippen LogP contribution in [0.15, 0.2) is 77.9 Å². The fraction of sp³-hybridized carbons (Fsp3) is 0.641. The van der Waals surface area contributed by atoms with E-state index < -0.39 is 48.3 Å². The first-order chi connectivity index (χ1) is 47.4. The first-order valence-corrected chi connectivity index (χ1v) is 36.7. The van der Waals surface area contributed by atoms with Crippen LogP contribution in [0.3, 0.4) is 0 Å². The zero-order valence-corrected chi connectivity index (χ0v) is 62.2. The van der Waals surface area contributed by atoms with E-state index in [1.807, 2.05) is 87.4 Å². The molecule has 8 N–H and O–H groups in total. The van der Waals surface area contributed by atoms with Crippen molar-refractivity contribution in [1.29, 1.82) is 0 Å². The molecule has 4 bridgehead atoms. The number of hydroxylamine groups is 4. The predicted molar refractivity (Wildman–Crippen MR) is 393 cm³/mol. The van der Waals surface area contributed by atoms with E-state index in [1.54, 1.807) is 24.0 Å². The Balaban J connectivity index is 0.000000202. The second-order valence-electron chi connectivity index (χ2n) is 32.7. The van der Waals surface area contributed by atoms with E-state index in [4.69, 9.17) is 20.9 Å². The molecule has 22 heteroatoms. The molecule has 0 spiro atoms. The number of likely N-dealkylation sites (tertiary alicyclic amines) is 2. The Bertz CT molecular complexity index is 3690. The highest BCUT2D eigenvalue weighted by atomic mass is 16.7. The number of fused-ring (bicyclic) bond motifs is 4. The minimum atomic E-state index is -0.879. The van der Waals surface area contributed by atoms with E-state index in [-0.39, 0.29) is 72.8 Å². The highest BCUT2D eigenvalue weighted by Gasteiger charge is 2.59. The molecule has 14 rings (SSSR count). The summed E-state index contributed by atoms with van der Waals surface area (Å²) in [4.78, 5) is 79.7. The van der Waals surface area contributed by atoms with Crippen molar-refractivity contribution < 1.29 is 39.1 Å². The molecule has 6 aliphatic carbocycles. The number of nitrogens with two attached hydrogens (primary N) is 1. The van der Waals surface area contributed by atoms with Crippen molar-refractivity contribution in [2.75, 3.05) is 91.4 Å². The van der Waals surface area contributed by atoms with Gasteiger partial charge in [-0.25, -0.2) is 0 Å². The SMILES string of the molecule is Cc1c(CN2O[C@@H](CN)[C@@H]([C@H](C)O)[C@H]2C(=O)N[C@H]2C[C@H]3C[C@@H]([C@@H]2C)C3(C)C)cccc1-c1cc(C(=O)N[C@@H]2CCN(C)C2)cc(N(C)C)c1.Cc1c(CN2O[C@@H](CN=[N+]=[N-])[C@@H]([C@H](C)O)[C@H]2C(=O)N[C@H]2C[C@H]3C[C@@H]([C@@H]2C)C3(C)C)cccc1-c1cc(C(=O)N[C@@H]2CCN(C)C2)cc(N(C)C)c1. The van der Waals surface area contributed by atoms with Gasteiger partial charge in [0, 0.05) is 111 Å². The van der Waals surface area contributed by atoms with Gasteiger partial charge in [0.25, 0.3) is 11.8 Å². The number of anilines is 2. The number of likely N-dealkylation sites (N-methyl/N-ethyl adjacent to an activating group) is 2. The van der Waals surface area contributed by atoms with E-state index in [1.165, 1.54) is 12.8 Å². The lowest BCUT2D eigenvalue weighted by molar-refractivity contribution is -0.176. The van der Waals surface area contributed by atoms with Crippen molar-refractivity contribution in [3.05, 3.63) is 117 Å². The van der Waals surface area contributed by atoms with Gasteiger partial charge in [-0.2, -0.15) is 10.1 Å². The van der Waals surface area contributed by atoms with Crippen LogP contribution < -0.4 is 36.8 Å². The summed E-state index contributed by atoms with van der Waals surface area (Å²) >= 11 is 0. The maximum absolute atomic E-state index is 14.3. The van der Waals surface area contributed by atoms with Gasteiger partial charge in [0.15, 0.2) is 0 Å². The van der Waals surface area contributed by atoms with Gasteiger partial charge in [0.1, 0.15) is 12.1 Å². The molecule has 0 aromatic heterocycles. The zero-order chi connectivity index (χ0) is 72.1. The van der Waals surface area contributed by atoms with Gasteiger partial charge < -0.3 is 56.8 Å². The smallest absolute Gasteiger partial charge is 0.251 e. The Morgan fingerprint density at radius 3 is 1.40 bits per heavy atom. The highest BCUT2D eigenvalue weighted by Crippen LogP contribution is 2.62. The van der Waals surface area contributed by atoms with Crippen molar-refractivity contribution >= 4 is 35.0 Å². The van der Waals surface area contributed by atoms with Gasteiger partial charge in [-0.1, -0.05) is 83.1 Å². The van der Waals surface area contributed by atoms with Crippen molar-refractivity contribution in [2.45, 2.75) is 182 Å². The molecular formula is C78H114N14O8. The molecule has 22 nitrogen and oxygen atoms in total. The molecule has 6 saturated carbocycles. The number of carbonyl (C=O) groups excluding carboxylic acids is 4. The molecule has 0 radical (unpaired) electrons. The number of aliphatic hydroxyl groups is 2. The molecule has 18 atom stereocenters. The molecule has 4 heterocycles. The summed E-state index contributed by atoms with van der Waals surface area (Å²) in [7, 11) is 12.0. The number of aliphatic hydroxyl groups excluding tert-OH is 2. The first kappa shape index (κ1) is 74.5. The maximum Gasteiger partial charge on any atom is 0.251 e. The van der Waals surface area contributed by atoms with E-state index in [2.05, 4.69) is 134 Å². The number of rotatable bonds is 21. The van der Waals surface area contributed by atoms with E-state index >= 15 is 0 Å². The maximum atomic E-state index is 14.3. The molecule has 4 amide bonds. The number of hydrogen-bond acceptors (Lipinski definition) is 16. The number of hydrogen-bond donors (Lipinski definition) is 7. The molecule has 4 aromatic rings. The summed E-state index contributed by atoms with van der Waals surface area (Å²) in [6.07, 6.45) is 3.45. The van der Waals surface area contributed by atoms with Crippen molar-refractivity contribution in [3.8, 4) is 22.3 Å². The predicted octanol–water partition coefficient (Wildman–Crippen LogP) is 8.93. The van der Waals surface area contributed by atoms with Crippen LogP contribution in [0.25, 0.3) is 32.7 Å². The largest absolute Gasteiger partial charge is 0.393 e. The average molecular weight is 1380 g/mol. The van der Waals surface area contributed by atoms with Crippen LogP contribution in [0.1, 0.15) is 137 Å². The third-order valence-corrected chi connectivity index (χ3v) is 25.3. The molecule has 4 saturated heterocycles. The highest BCUT2D eigenvalue weighted by molar-refractivity contribution is 5.98. The lowest BCUT2D eigenvalue weighted by Crippen LogP contribution is -2.62. The average Bonchev–Trinajstić information content (AvgIpc) is 0.873. The summed E-state index contributed by atoms with van der Waals surface area (Å²) in [6.45, 7) is 25.9. The van der Waals surface area contributed by atoms with Gasteiger partial charge in [-0.05, 0) is 226 Å². The van der Waals surface area contributed by atoms with Crippen LogP contribution in [-0.2, 0) is 32.4 Å². The number of azide groups is 1. The fourth-order valence-corrected chi connectivity index (χ4v) is 18.8. The van der Waals surface area contributed by atoms with E-state index in [9.17, 15) is 29.4 Å². The van der Waals surface area contributed by atoms with Gasteiger partial charge >= 0.3 is 0 Å². The number of benzene rings is 4. The molecule has 544 valence electrons. The van der Waals surface area contributed by atoms with Crippen LogP contribution >= 0.6 is 0 Å². The Kier molecular flexibility index (Phi) is 22.6. The van der Waals surface area contributed by atoms with Gasteiger partial charge in [0.05, 0.1) is 44.1 Å². The minimum absolute atomic E-state index is 0.00283. The molecule has 0 unspecified atom stereocenters. The topological polar surface area (TPSA) is 270 Å². The minimum Gasteiger partial charge on any atom is -0.393 e. The van der Waals surface area contributed by atoms with Crippen LogP contribution in [0, 0.1) is 72.0 Å². The Morgan fingerprint density at radius 1 is 0.640 bits per heavy atom. The number of nitrogens with one attached hydrogen (secondary N) is 4. The first-order valence-electron chi connectivity index (χ1n) is 36.7. The van der Waals surface area contributed by atoms with Crippen LogP contribution in [-0.4, -0.2) is 196 Å². The fourth-order valence-electron chi connectivity index (χ4n) is 18.8. The summed E-state index contributed by atoms with van der Waals surface area (Å²) in [6, 6.07) is 23.2. The normalized spacial score (nSPS) is 31.1. The molecule has 4 aromatic carbocycles. The number of carbonyl (C=O) groups is 4. The molecule has 4 aliphatic heterocycles.